The van der Waals surface area contributed by atoms with Crippen molar-refractivity contribution in [3.05, 3.63) is 22.4 Å². The second-order valence-electron chi connectivity index (χ2n) is 5.52. The first-order chi connectivity index (χ1) is 9.56. The van der Waals surface area contributed by atoms with Gasteiger partial charge in [-0.25, -0.2) is 0 Å². The van der Waals surface area contributed by atoms with Gasteiger partial charge in [-0.1, -0.05) is 19.9 Å². The third-order valence-corrected chi connectivity index (χ3v) is 4.67. The number of rotatable bonds is 6. The summed E-state index contributed by atoms with van der Waals surface area (Å²) in [6, 6.07) is 4.08. The quantitative estimate of drug-likeness (QED) is 0.877. The molecule has 3 atom stereocenters. The van der Waals surface area contributed by atoms with Gasteiger partial charge in [0, 0.05) is 11.5 Å². The van der Waals surface area contributed by atoms with Gasteiger partial charge in [0.1, 0.15) is 6.17 Å². The summed E-state index contributed by atoms with van der Waals surface area (Å²) in [4.78, 5) is 15.7. The molecule has 0 saturated carbocycles. The second-order valence-corrected chi connectivity index (χ2v) is 6.50. The minimum absolute atomic E-state index is 0.0228. The maximum atomic E-state index is 12.5. The lowest BCUT2D eigenvalue weighted by Gasteiger charge is -2.34. The molecule has 4 nitrogen and oxygen atoms in total. The summed E-state index contributed by atoms with van der Waals surface area (Å²) >= 11 is 1.68. The van der Waals surface area contributed by atoms with Crippen LogP contribution in [0.4, 0.5) is 0 Å². The van der Waals surface area contributed by atoms with Crippen LogP contribution in [0.25, 0.3) is 0 Å². The average molecular weight is 296 g/mol. The summed E-state index contributed by atoms with van der Waals surface area (Å²) in [7, 11) is 0. The van der Waals surface area contributed by atoms with Crippen LogP contribution in [0.3, 0.4) is 0 Å². The Bertz CT molecular complexity index is 433. The van der Waals surface area contributed by atoms with Crippen molar-refractivity contribution in [2.24, 2.45) is 5.92 Å². The van der Waals surface area contributed by atoms with Crippen molar-refractivity contribution in [3.8, 4) is 0 Å². The van der Waals surface area contributed by atoms with Gasteiger partial charge in [0.25, 0.3) is 0 Å². The molecule has 1 saturated heterocycles. The molecule has 0 aliphatic carbocycles. The number of carbonyl (C=O) groups is 1. The Morgan fingerprint density at radius 1 is 1.50 bits per heavy atom. The van der Waals surface area contributed by atoms with Crippen molar-refractivity contribution in [1.82, 2.24) is 10.2 Å². The molecule has 0 radical (unpaired) electrons. The Morgan fingerprint density at radius 2 is 2.25 bits per heavy atom. The van der Waals surface area contributed by atoms with Crippen molar-refractivity contribution in [1.29, 1.82) is 0 Å². The first-order valence-electron chi connectivity index (χ1n) is 7.25. The molecule has 1 aliphatic rings. The van der Waals surface area contributed by atoms with E-state index in [1.54, 1.807) is 11.3 Å². The van der Waals surface area contributed by atoms with Crippen molar-refractivity contribution >= 4 is 17.2 Å². The lowest BCUT2D eigenvalue weighted by molar-refractivity contribution is -0.134. The molecular weight excluding hydrogens is 272 g/mol. The Morgan fingerprint density at radius 3 is 2.80 bits per heavy atom. The van der Waals surface area contributed by atoms with E-state index in [-0.39, 0.29) is 24.2 Å². The smallest absolute Gasteiger partial charge is 0.241 e. The molecule has 20 heavy (non-hydrogen) atoms. The number of nitrogens with one attached hydrogen (secondary N) is 1. The topological polar surface area (TPSA) is 41.6 Å². The second kappa shape index (κ2) is 6.70. The highest BCUT2D eigenvalue weighted by Crippen LogP contribution is 2.32. The molecule has 1 fully saturated rings. The molecule has 1 aromatic heterocycles. The van der Waals surface area contributed by atoms with Crippen LogP contribution in [-0.2, 0) is 9.53 Å². The maximum absolute atomic E-state index is 12.5. The van der Waals surface area contributed by atoms with E-state index in [9.17, 15) is 4.79 Å². The van der Waals surface area contributed by atoms with Crippen LogP contribution in [-0.4, -0.2) is 36.1 Å². The molecule has 1 N–H and O–H groups in total. The van der Waals surface area contributed by atoms with E-state index in [2.05, 4.69) is 30.6 Å². The number of thiophene rings is 1. The van der Waals surface area contributed by atoms with E-state index in [0.717, 1.165) is 0 Å². The number of hydrogen-bond acceptors (Lipinski definition) is 4. The fraction of sp³-hybridized carbons (Fsp3) is 0.667. The molecule has 1 aromatic rings. The molecule has 2 heterocycles. The summed E-state index contributed by atoms with van der Waals surface area (Å²) < 4.78 is 5.60. The Balaban J connectivity index is 2.25. The van der Waals surface area contributed by atoms with Gasteiger partial charge >= 0.3 is 0 Å². The summed E-state index contributed by atoms with van der Waals surface area (Å²) in [5.74, 6) is 0.530. The van der Waals surface area contributed by atoms with Crippen LogP contribution < -0.4 is 5.32 Å². The van der Waals surface area contributed by atoms with Crippen LogP contribution in [0, 0.1) is 5.92 Å². The van der Waals surface area contributed by atoms with Gasteiger partial charge < -0.3 is 9.64 Å². The number of ether oxygens (including phenoxy) is 1. The van der Waals surface area contributed by atoms with E-state index >= 15 is 0 Å². The molecule has 2 rings (SSSR count). The minimum atomic E-state index is -0.134. The van der Waals surface area contributed by atoms with Gasteiger partial charge in [0.2, 0.25) is 5.91 Å². The van der Waals surface area contributed by atoms with Crippen molar-refractivity contribution in [2.75, 3.05) is 13.2 Å². The van der Waals surface area contributed by atoms with Gasteiger partial charge in [-0.05, 0) is 31.2 Å². The van der Waals surface area contributed by atoms with Crippen molar-refractivity contribution in [2.45, 2.75) is 45.9 Å². The van der Waals surface area contributed by atoms with Crippen LogP contribution >= 0.6 is 11.3 Å². The standard InChI is InChI=1S/C15H24N2O2S/c1-5-19-9-12(10(2)3)17-14(13-7-6-8-20-13)16-11(4)15(17)18/h6-8,10-12,14,16H,5,9H2,1-4H3. The van der Waals surface area contributed by atoms with Gasteiger partial charge in [-0.3, -0.25) is 10.1 Å². The van der Waals surface area contributed by atoms with E-state index in [4.69, 9.17) is 4.74 Å². The maximum Gasteiger partial charge on any atom is 0.241 e. The fourth-order valence-electron chi connectivity index (χ4n) is 2.59. The van der Waals surface area contributed by atoms with E-state index in [1.165, 1.54) is 4.88 Å². The average Bonchev–Trinajstić information content (AvgIpc) is 3.01. The van der Waals surface area contributed by atoms with Gasteiger partial charge in [-0.15, -0.1) is 11.3 Å². The summed E-state index contributed by atoms with van der Waals surface area (Å²) in [5, 5.41) is 5.45. The SMILES string of the molecule is CCOCC(C(C)C)N1C(=O)C(C)NC1c1cccs1. The lowest BCUT2D eigenvalue weighted by Crippen LogP contribution is -2.45. The van der Waals surface area contributed by atoms with Crippen LogP contribution in [0.1, 0.15) is 38.7 Å². The molecular formula is C15H24N2O2S. The Hall–Kier alpha value is -0.910. The molecule has 112 valence electrons. The Kier molecular flexibility index (Phi) is 5.18. The van der Waals surface area contributed by atoms with Crippen molar-refractivity contribution < 1.29 is 9.53 Å². The van der Waals surface area contributed by atoms with E-state index in [0.29, 0.717) is 19.1 Å². The number of hydrogen-bond donors (Lipinski definition) is 1. The molecule has 1 aliphatic heterocycles. The lowest BCUT2D eigenvalue weighted by atomic mass is 10.0. The minimum Gasteiger partial charge on any atom is -0.380 e. The normalized spacial score (nSPS) is 24.6. The third kappa shape index (κ3) is 3.05. The highest BCUT2D eigenvalue weighted by Gasteiger charge is 2.42. The zero-order valence-corrected chi connectivity index (χ0v) is 13.4. The third-order valence-electron chi connectivity index (χ3n) is 3.74. The highest BCUT2D eigenvalue weighted by atomic mass is 32.1. The van der Waals surface area contributed by atoms with Gasteiger partial charge in [0.15, 0.2) is 0 Å². The molecule has 5 heteroatoms. The first kappa shape index (κ1) is 15.5. The van der Waals surface area contributed by atoms with Crippen molar-refractivity contribution in [3.63, 3.8) is 0 Å². The predicted octanol–water partition coefficient (Wildman–Crippen LogP) is 2.63. The molecule has 1 amide bonds. The van der Waals surface area contributed by atoms with E-state index in [1.807, 2.05) is 24.8 Å². The zero-order chi connectivity index (χ0) is 14.7. The number of amides is 1. The molecule has 0 aromatic carbocycles. The fourth-order valence-corrected chi connectivity index (χ4v) is 3.37. The van der Waals surface area contributed by atoms with Gasteiger partial charge in [-0.2, -0.15) is 0 Å². The largest absolute Gasteiger partial charge is 0.380 e. The number of nitrogens with zero attached hydrogens (tertiary/aromatic N) is 1. The summed E-state index contributed by atoms with van der Waals surface area (Å²) in [6.07, 6.45) is -0.0228. The van der Waals surface area contributed by atoms with Gasteiger partial charge in [0.05, 0.1) is 18.7 Å². The number of carbonyl (C=O) groups excluding carboxylic acids is 1. The van der Waals surface area contributed by atoms with Crippen LogP contribution in [0.2, 0.25) is 0 Å². The van der Waals surface area contributed by atoms with Crippen LogP contribution in [0.5, 0.6) is 0 Å². The Labute approximate surface area is 125 Å². The highest BCUT2D eigenvalue weighted by molar-refractivity contribution is 7.10. The van der Waals surface area contributed by atoms with Crippen LogP contribution in [0.15, 0.2) is 17.5 Å². The summed E-state index contributed by atoms with van der Waals surface area (Å²) in [6.45, 7) is 9.48. The summed E-state index contributed by atoms with van der Waals surface area (Å²) in [5.41, 5.74) is 0. The molecule has 0 bridgehead atoms. The molecule has 0 spiro atoms. The van der Waals surface area contributed by atoms with E-state index < -0.39 is 0 Å². The monoisotopic (exact) mass is 296 g/mol. The first-order valence-corrected chi connectivity index (χ1v) is 8.13. The molecule has 3 unspecified atom stereocenters. The predicted molar refractivity (Wildman–Crippen MR) is 81.6 cm³/mol. The zero-order valence-electron chi connectivity index (χ0n) is 12.6.